The van der Waals surface area contributed by atoms with E-state index in [9.17, 15) is 5.11 Å². The molecular formula is C10H9ClO2S. The number of fused-ring (bicyclic) bond motifs is 1. The van der Waals surface area contributed by atoms with E-state index in [1.54, 1.807) is 17.4 Å². The molecule has 1 aromatic heterocycles. The van der Waals surface area contributed by atoms with Gasteiger partial charge in [-0.1, -0.05) is 0 Å². The summed E-state index contributed by atoms with van der Waals surface area (Å²) in [5.74, 6) is 1.17. The van der Waals surface area contributed by atoms with Gasteiger partial charge in [0.1, 0.15) is 0 Å². The molecule has 1 N–H and O–H groups in total. The van der Waals surface area contributed by atoms with E-state index in [0.717, 1.165) is 15.0 Å². The minimum absolute atomic E-state index is 0.169. The molecular weight excluding hydrogens is 220 g/mol. The van der Waals surface area contributed by atoms with Gasteiger partial charge in [-0.2, -0.15) is 0 Å². The van der Waals surface area contributed by atoms with Crippen LogP contribution in [0.3, 0.4) is 0 Å². The normalized spacial score (nSPS) is 10.7. The largest absolute Gasteiger partial charge is 0.504 e. The molecule has 1 heterocycles. The maximum absolute atomic E-state index is 9.54. The molecule has 1 aromatic carbocycles. The number of methoxy groups -OCH3 is 1. The minimum atomic E-state index is 0.169. The zero-order valence-corrected chi connectivity index (χ0v) is 9.15. The molecule has 4 heteroatoms. The lowest BCUT2D eigenvalue weighted by Crippen LogP contribution is -1.81. The van der Waals surface area contributed by atoms with Gasteiger partial charge in [-0.05, 0) is 17.5 Å². The molecule has 2 nitrogen and oxygen atoms in total. The topological polar surface area (TPSA) is 29.5 Å². The van der Waals surface area contributed by atoms with Gasteiger partial charge in [-0.3, -0.25) is 0 Å². The van der Waals surface area contributed by atoms with Crippen LogP contribution in [0.25, 0.3) is 10.1 Å². The average Bonchev–Trinajstić information content (AvgIpc) is 2.58. The fraction of sp³-hybridized carbons (Fsp3) is 0.200. The highest BCUT2D eigenvalue weighted by atomic mass is 35.5. The summed E-state index contributed by atoms with van der Waals surface area (Å²) in [7, 11) is 1.54. The van der Waals surface area contributed by atoms with Crippen LogP contribution in [0.4, 0.5) is 0 Å². The number of aromatic hydroxyl groups is 1. The predicted molar refractivity (Wildman–Crippen MR) is 59.6 cm³/mol. The summed E-state index contributed by atoms with van der Waals surface area (Å²) in [6.45, 7) is 0. The fourth-order valence-electron chi connectivity index (χ4n) is 1.34. The van der Waals surface area contributed by atoms with Crippen molar-refractivity contribution in [2.75, 3.05) is 7.11 Å². The van der Waals surface area contributed by atoms with Crippen molar-refractivity contribution in [2.45, 2.75) is 5.88 Å². The van der Waals surface area contributed by atoms with Crippen molar-refractivity contribution in [3.05, 3.63) is 23.1 Å². The Kier molecular flexibility index (Phi) is 2.52. The highest BCUT2D eigenvalue weighted by molar-refractivity contribution is 7.19. The third kappa shape index (κ3) is 1.53. The van der Waals surface area contributed by atoms with Gasteiger partial charge in [0.2, 0.25) is 0 Å². The number of alkyl halides is 1. The number of halogens is 1. The summed E-state index contributed by atoms with van der Waals surface area (Å²) >= 11 is 7.31. The van der Waals surface area contributed by atoms with Crippen LogP contribution < -0.4 is 4.74 Å². The molecule has 0 aliphatic heterocycles. The zero-order valence-electron chi connectivity index (χ0n) is 7.58. The van der Waals surface area contributed by atoms with Crippen LogP contribution in [0.15, 0.2) is 18.2 Å². The van der Waals surface area contributed by atoms with Crippen LogP contribution in [0.1, 0.15) is 4.88 Å². The van der Waals surface area contributed by atoms with Gasteiger partial charge in [-0.25, -0.2) is 0 Å². The second-order valence-corrected chi connectivity index (χ2v) is 4.34. The van der Waals surface area contributed by atoms with Crippen LogP contribution in [0.5, 0.6) is 11.5 Å². The van der Waals surface area contributed by atoms with E-state index in [0.29, 0.717) is 11.6 Å². The number of thiophene rings is 1. The molecule has 74 valence electrons. The highest BCUT2D eigenvalue weighted by Crippen LogP contribution is 2.35. The average molecular weight is 229 g/mol. The molecule has 0 bridgehead atoms. The van der Waals surface area contributed by atoms with Crippen molar-refractivity contribution < 1.29 is 9.84 Å². The van der Waals surface area contributed by atoms with Crippen molar-refractivity contribution in [3.63, 3.8) is 0 Å². The molecule has 0 fully saturated rings. The Morgan fingerprint density at radius 2 is 2.21 bits per heavy atom. The molecule has 0 saturated carbocycles. The summed E-state index contributed by atoms with van der Waals surface area (Å²) < 4.78 is 6.04. The van der Waals surface area contributed by atoms with Crippen LogP contribution in [-0.2, 0) is 5.88 Å². The standard InChI is InChI=1S/C10H9ClO2S/c1-13-9-3-6-2-7(5-11)14-10(6)4-8(9)12/h2-4,12H,5H2,1H3. The maximum atomic E-state index is 9.54. The number of ether oxygens (including phenoxy) is 1. The Balaban J connectivity index is 2.64. The molecule has 14 heavy (non-hydrogen) atoms. The van der Waals surface area contributed by atoms with E-state index >= 15 is 0 Å². The van der Waals surface area contributed by atoms with Gasteiger partial charge in [0.15, 0.2) is 11.5 Å². The molecule has 0 unspecified atom stereocenters. The van der Waals surface area contributed by atoms with Crippen molar-refractivity contribution in [3.8, 4) is 11.5 Å². The third-order valence-electron chi connectivity index (χ3n) is 2.00. The Hall–Kier alpha value is -0.930. The number of hydrogen-bond acceptors (Lipinski definition) is 3. The quantitative estimate of drug-likeness (QED) is 0.799. The van der Waals surface area contributed by atoms with Gasteiger partial charge in [-0.15, -0.1) is 22.9 Å². The van der Waals surface area contributed by atoms with Crippen LogP contribution >= 0.6 is 22.9 Å². The van der Waals surface area contributed by atoms with Gasteiger partial charge < -0.3 is 9.84 Å². The number of hydrogen-bond donors (Lipinski definition) is 1. The molecule has 0 amide bonds. The molecule has 0 spiro atoms. The summed E-state index contributed by atoms with van der Waals surface area (Å²) in [6.07, 6.45) is 0. The molecule has 0 saturated heterocycles. The Labute approximate surface area is 90.7 Å². The Morgan fingerprint density at radius 1 is 1.43 bits per heavy atom. The van der Waals surface area contributed by atoms with E-state index in [2.05, 4.69) is 0 Å². The molecule has 0 aliphatic carbocycles. The smallest absolute Gasteiger partial charge is 0.161 e. The second-order valence-electron chi connectivity index (χ2n) is 2.91. The number of rotatable bonds is 2. The maximum Gasteiger partial charge on any atom is 0.161 e. The monoisotopic (exact) mass is 228 g/mol. The van der Waals surface area contributed by atoms with Gasteiger partial charge in [0.05, 0.1) is 13.0 Å². The third-order valence-corrected chi connectivity index (χ3v) is 3.54. The predicted octanol–water partition coefficient (Wildman–Crippen LogP) is 3.35. The van der Waals surface area contributed by atoms with E-state index in [1.165, 1.54) is 7.11 Å². The second kappa shape index (κ2) is 3.67. The lowest BCUT2D eigenvalue weighted by Gasteiger charge is -2.01. The SMILES string of the molecule is COc1cc2cc(CCl)sc2cc1O. The van der Waals surface area contributed by atoms with Crippen molar-refractivity contribution in [1.82, 2.24) is 0 Å². The van der Waals surface area contributed by atoms with Crippen LogP contribution in [-0.4, -0.2) is 12.2 Å². The van der Waals surface area contributed by atoms with E-state index in [1.807, 2.05) is 12.1 Å². The van der Waals surface area contributed by atoms with Crippen LogP contribution in [0.2, 0.25) is 0 Å². The van der Waals surface area contributed by atoms with E-state index < -0.39 is 0 Å². The minimum Gasteiger partial charge on any atom is -0.504 e. The van der Waals surface area contributed by atoms with Gasteiger partial charge in [0, 0.05) is 15.6 Å². The fourth-order valence-corrected chi connectivity index (χ4v) is 2.51. The lowest BCUT2D eigenvalue weighted by atomic mass is 10.2. The number of phenols is 1. The van der Waals surface area contributed by atoms with Crippen molar-refractivity contribution in [2.24, 2.45) is 0 Å². The molecule has 0 radical (unpaired) electrons. The highest BCUT2D eigenvalue weighted by Gasteiger charge is 2.06. The van der Waals surface area contributed by atoms with E-state index in [4.69, 9.17) is 16.3 Å². The molecule has 0 atom stereocenters. The Bertz CT molecular complexity index is 464. The van der Waals surface area contributed by atoms with Crippen molar-refractivity contribution in [1.29, 1.82) is 0 Å². The molecule has 2 rings (SSSR count). The van der Waals surface area contributed by atoms with Gasteiger partial charge in [0.25, 0.3) is 0 Å². The zero-order chi connectivity index (χ0) is 10.1. The van der Waals surface area contributed by atoms with Gasteiger partial charge >= 0.3 is 0 Å². The Morgan fingerprint density at radius 3 is 2.86 bits per heavy atom. The first kappa shape index (κ1) is 9.62. The van der Waals surface area contributed by atoms with E-state index in [-0.39, 0.29) is 5.75 Å². The first-order chi connectivity index (χ1) is 6.74. The van der Waals surface area contributed by atoms with Crippen LogP contribution in [0, 0.1) is 0 Å². The molecule has 0 aliphatic rings. The summed E-state index contributed by atoms with van der Waals surface area (Å²) in [4.78, 5) is 1.09. The van der Waals surface area contributed by atoms with Crippen molar-refractivity contribution >= 4 is 33.0 Å². The number of benzene rings is 1. The number of phenolic OH excluding ortho intramolecular Hbond substituents is 1. The first-order valence-corrected chi connectivity index (χ1v) is 5.45. The summed E-state index contributed by atoms with van der Waals surface area (Å²) in [6, 6.07) is 5.53. The summed E-state index contributed by atoms with van der Waals surface area (Å²) in [5, 5.41) is 10.6. The first-order valence-electron chi connectivity index (χ1n) is 4.10. The summed E-state index contributed by atoms with van der Waals surface area (Å²) in [5.41, 5.74) is 0. The lowest BCUT2D eigenvalue weighted by molar-refractivity contribution is 0.374. The molecule has 2 aromatic rings.